The lowest BCUT2D eigenvalue weighted by Crippen LogP contribution is -2.33. The molecule has 90 valence electrons. The van der Waals surface area contributed by atoms with Crippen molar-refractivity contribution in [3.8, 4) is 0 Å². The zero-order valence-electron chi connectivity index (χ0n) is 10.8. The summed E-state index contributed by atoms with van der Waals surface area (Å²) < 4.78 is 4.69. The first-order chi connectivity index (χ1) is 6.58. The van der Waals surface area contributed by atoms with Gasteiger partial charge in [0.25, 0.3) is 0 Å². The molecule has 0 rings (SSSR count). The molecule has 0 aliphatic rings. The Kier molecular flexibility index (Phi) is 4.78. The third-order valence-electron chi connectivity index (χ3n) is 2.35. The average molecular weight is 216 g/mol. The van der Waals surface area contributed by atoms with E-state index in [1.807, 2.05) is 20.8 Å². The van der Waals surface area contributed by atoms with Gasteiger partial charge in [0.05, 0.1) is 5.92 Å². The van der Waals surface area contributed by atoms with Crippen LogP contribution < -0.4 is 0 Å². The summed E-state index contributed by atoms with van der Waals surface area (Å²) in [4.78, 5) is 11.7. The van der Waals surface area contributed by atoms with E-state index in [1.165, 1.54) is 0 Å². The Morgan fingerprint density at radius 2 is 1.67 bits per heavy atom. The SMILES string of the molecule is CC(C)(C)CC(C(=O)OCO)C(C)(C)C. The number of hydrogen-bond donors (Lipinski definition) is 1. The summed E-state index contributed by atoms with van der Waals surface area (Å²) in [6, 6.07) is 0. The van der Waals surface area contributed by atoms with E-state index in [1.54, 1.807) is 0 Å². The van der Waals surface area contributed by atoms with Crippen LogP contribution >= 0.6 is 0 Å². The van der Waals surface area contributed by atoms with Crippen molar-refractivity contribution in [3.05, 3.63) is 0 Å². The number of aliphatic hydroxyl groups is 1. The summed E-state index contributed by atoms with van der Waals surface area (Å²) in [7, 11) is 0. The summed E-state index contributed by atoms with van der Waals surface area (Å²) in [5.41, 5.74) is -0.0635. The van der Waals surface area contributed by atoms with Gasteiger partial charge >= 0.3 is 5.97 Å². The van der Waals surface area contributed by atoms with Gasteiger partial charge in [0.2, 0.25) is 0 Å². The van der Waals surface area contributed by atoms with E-state index in [0.717, 1.165) is 6.42 Å². The molecule has 3 nitrogen and oxygen atoms in total. The van der Waals surface area contributed by atoms with Crippen LogP contribution in [0, 0.1) is 16.7 Å². The van der Waals surface area contributed by atoms with Crippen molar-refractivity contribution in [2.24, 2.45) is 16.7 Å². The Morgan fingerprint density at radius 3 is 1.93 bits per heavy atom. The van der Waals surface area contributed by atoms with Crippen molar-refractivity contribution in [2.45, 2.75) is 48.0 Å². The Morgan fingerprint density at radius 1 is 1.20 bits per heavy atom. The number of carbonyl (C=O) groups excluding carboxylic acids is 1. The van der Waals surface area contributed by atoms with Crippen LogP contribution in [0.4, 0.5) is 0 Å². The number of aliphatic hydroxyl groups excluding tert-OH is 1. The largest absolute Gasteiger partial charge is 0.438 e. The minimum Gasteiger partial charge on any atom is -0.438 e. The summed E-state index contributed by atoms with van der Waals surface area (Å²) in [6.07, 6.45) is 0.759. The molecule has 0 aromatic carbocycles. The fourth-order valence-electron chi connectivity index (χ4n) is 1.52. The standard InChI is InChI=1S/C12H24O3/c1-11(2,3)7-9(12(4,5)6)10(14)15-8-13/h9,13H,7-8H2,1-6H3. The molecule has 0 bridgehead atoms. The lowest BCUT2D eigenvalue weighted by atomic mass is 9.72. The molecule has 0 aromatic heterocycles. The minimum absolute atomic E-state index is 0.0758. The second-order valence-electron chi connectivity index (χ2n) is 6.28. The maximum atomic E-state index is 11.7. The van der Waals surface area contributed by atoms with Crippen molar-refractivity contribution in [1.29, 1.82) is 0 Å². The van der Waals surface area contributed by atoms with Gasteiger partial charge in [0, 0.05) is 0 Å². The Hall–Kier alpha value is -0.570. The number of rotatable bonds is 3. The smallest absolute Gasteiger partial charge is 0.311 e. The second-order valence-corrected chi connectivity index (χ2v) is 6.28. The Labute approximate surface area is 92.8 Å². The average Bonchev–Trinajstić information content (AvgIpc) is 1.97. The van der Waals surface area contributed by atoms with E-state index in [4.69, 9.17) is 9.84 Å². The summed E-state index contributed by atoms with van der Waals surface area (Å²) in [6.45, 7) is 11.8. The summed E-state index contributed by atoms with van der Waals surface area (Å²) in [5, 5.41) is 8.61. The highest BCUT2D eigenvalue weighted by molar-refractivity contribution is 5.73. The van der Waals surface area contributed by atoms with E-state index < -0.39 is 6.79 Å². The third-order valence-corrected chi connectivity index (χ3v) is 2.35. The highest BCUT2D eigenvalue weighted by atomic mass is 16.6. The molecular weight excluding hydrogens is 192 g/mol. The molecule has 0 spiro atoms. The number of ether oxygens (including phenoxy) is 1. The van der Waals surface area contributed by atoms with Gasteiger partial charge in [0.1, 0.15) is 0 Å². The van der Waals surface area contributed by atoms with Gasteiger partial charge in [-0.3, -0.25) is 4.79 Å². The lowest BCUT2D eigenvalue weighted by Gasteiger charge is -2.33. The van der Waals surface area contributed by atoms with Gasteiger partial charge < -0.3 is 9.84 Å². The second kappa shape index (κ2) is 4.97. The van der Waals surface area contributed by atoms with Gasteiger partial charge in [0.15, 0.2) is 6.79 Å². The molecule has 1 N–H and O–H groups in total. The number of esters is 1. The van der Waals surface area contributed by atoms with Crippen molar-refractivity contribution in [2.75, 3.05) is 6.79 Å². The summed E-state index contributed by atoms with van der Waals surface area (Å²) in [5.74, 6) is -0.482. The fraction of sp³-hybridized carbons (Fsp3) is 0.917. The van der Waals surface area contributed by atoms with Gasteiger partial charge in [-0.15, -0.1) is 0 Å². The van der Waals surface area contributed by atoms with Crippen LogP contribution in [0.25, 0.3) is 0 Å². The van der Waals surface area contributed by atoms with Crippen LogP contribution in [0.5, 0.6) is 0 Å². The van der Waals surface area contributed by atoms with Crippen LogP contribution in [0.2, 0.25) is 0 Å². The molecule has 0 aliphatic heterocycles. The van der Waals surface area contributed by atoms with E-state index in [2.05, 4.69) is 20.8 Å². The molecule has 0 aliphatic carbocycles. The molecule has 15 heavy (non-hydrogen) atoms. The zero-order valence-corrected chi connectivity index (χ0v) is 10.8. The molecule has 3 heteroatoms. The molecule has 0 aromatic rings. The van der Waals surface area contributed by atoms with Crippen LogP contribution in [0.3, 0.4) is 0 Å². The first kappa shape index (κ1) is 14.4. The molecule has 1 atom stereocenters. The van der Waals surface area contributed by atoms with E-state index in [-0.39, 0.29) is 22.7 Å². The van der Waals surface area contributed by atoms with E-state index in [0.29, 0.717) is 0 Å². The Balaban J connectivity index is 4.68. The van der Waals surface area contributed by atoms with Crippen LogP contribution in [-0.2, 0) is 9.53 Å². The highest BCUT2D eigenvalue weighted by Crippen LogP contribution is 2.36. The van der Waals surface area contributed by atoms with Gasteiger partial charge in [-0.25, -0.2) is 0 Å². The maximum absolute atomic E-state index is 11.7. The molecule has 0 saturated carbocycles. The quantitative estimate of drug-likeness (QED) is 0.582. The molecule has 0 amide bonds. The monoisotopic (exact) mass is 216 g/mol. The van der Waals surface area contributed by atoms with E-state index >= 15 is 0 Å². The normalized spacial score (nSPS) is 14.9. The number of carbonyl (C=O) groups is 1. The van der Waals surface area contributed by atoms with Crippen molar-refractivity contribution < 1.29 is 14.6 Å². The first-order valence-electron chi connectivity index (χ1n) is 5.35. The zero-order chi connectivity index (χ0) is 12.3. The van der Waals surface area contributed by atoms with Crippen LogP contribution in [0.15, 0.2) is 0 Å². The van der Waals surface area contributed by atoms with Gasteiger partial charge in [-0.1, -0.05) is 41.5 Å². The molecular formula is C12H24O3. The predicted molar refractivity (Wildman–Crippen MR) is 60.2 cm³/mol. The van der Waals surface area contributed by atoms with Crippen molar-refractivity contribution in [1.82, 2.24) is 0 Å². The van der Waals surface area contributed by atoms with Crippen molar-refractivity contribution in [3.63, 3.8) is 0 Å². The molecule has 0 fully saturated rings. The maximum Gasteiger partial charge on any atom is 0.311 e. The molecule has 0 heterocycles. The van der Waals surface area contributed by atoms with Crippen LogP contribution in [0.1, 0.15) is 48.0 Å². The number of hydrogen-bond acceptors (Lipinski definition) is 3. The molecule has 1 unspecified atom stereocenters. The summed E-state index contributed by atoms with van der Waals surface area (Å²) >= 11 is 0. The van der Waals surface area contributed by atoms with Gasteiger partial charge in [-0.05, 0) is 17.3 Å². The highest BCUT2D eigenvalue weighted by Gasteiger charge is 2.35. The molecule has 0 saturated heterocycles. The third kappa shape index (κ3) is 5.78. The molecule has 0 radical (unpaired) electrons. The lowest BCUT2D eigenvalue weighted by molar-refractivity contribution is -0.162. The van der Waals surface area contributed by atoms with Crippen LogP contribution in [-0.4, -0.2) is 17.9 Å². The minimum atomic E-state index is -0.532. The van der Waals surface area contributed by atoms with Gasteiger partial charge in [-0.2, -0.15) is 0 Å². The fourth-order valence-corrected chi connectivity index (χ4v) is 1.52. The van der Waals surface area contributed by atoms with Crippen molar-refractivity contribution >= 4 is 5.97 Å². The predicted octanol–water partition coefficient (Wildman–Crippen LogP) is 2.58. The van der Waals surface area contributed by atoms with E-state index in [9.17, 15) is 4.79 Å². The first-order valence-corrected chi connectivity index (χ1v) is 5.35. The topological polar surface area (TPSA) is 46.5 Å². The Bertz CT molecular complexity index is 208.